The maximum Gasteiger partial charge on any atom is 0.148 e. The first-order valence-corrected chi connectivity index (χ1v) is 9.40. The largest absolute Gasteiger partial charge is 0.497 e. The molecule has 1 N–H and O–H groups in total. The zero-order valence-electron chi connectivity index (χ0n) is 16.1. The van der Waals surface area contributed by atoms with Crippen LogP contribution in [0.2, 0.25) is 0 Å². The number of para-hydroxylation sites is 1. The predicted octanol–water partition coefficient (Wildman–Crippen LogP) is 3.67. The fourth-order valence-corrected chi connectivity index (χ4v) is 3.14. The molecule has 0 aliphatic carbocycles. The van der Waals surface area contributed by atoms with Crippen LogP contribution in [0.1, 0.15) is 5.56 Å². The molecular formula is C22H22FN5O. The highest BCUT2D eigenvalue weighted by atomic mass is 19.1. The van der Waals surface area contributed by atoms with Gasteiger partial charge in [-0.15, -0.1) is 0 Å². The van der Waals surface area contributed by atoms with Gasteiger partial charge in [0.05, 0.1) is 19.3 Å². The molecule has 4 aromatic rings. The van der Waals surface area contributed by atoms with Gasteiger partial charge in [0.2, 0.25) is 0 Å². The van der Waals surface area contributed by atoms with E-state index in [-0.39, 0.29) is 5.82 Å². The van der Waals surface area contributed by atoms with Crippen LogP contribution in [0.25, 0.3) is 16.9 Å². The summed E-state index contributed by atoms with van der Waals surface area (Å²) < 4.78 is 23.0. The second-order valence-corrected chi connectivity index (χ2v) is 6.57. The average Bonchev–Trinajstić information content (AvgIpc) is 3.42. The standard InChI is InChI=1S/C22H22FN5O/c1-29-19-9-7-17(8-10-19)22-18(15-24-12-14-27-13-4-11-25-27)16-28(26-22)21-6-3-2-5-20(21)23/h2-11,13,16,24H,12,14-15H2,1H3. The fourth-order valence-electron chi connectivity index (χ4n) is 3.14. The Labute approximate surface area is 168 Å². The molecule has 0 amide bonds. The summed E-state index contributed by atoms with van der Waals surface area (Å²) in [4.78, 5) is 0. The van der Waals surface area contributed by atoms with Crippen LogP contribution in [0.3, 0.4) is 0 Å². The van der Waals surface area contributed by atoms with E-state index < -0.39 is 0 Å². The highest BCUT2D eigenvalue weighted by Crippen LogP contribution is 2.26. The topological polar surface area (TPSA) is 56.9 Å². The first kappa shape index (κ1) is 18.9. The van der Waals surface area contributed by atoms with Crippen molar-refractivity contribution in [1.29, 1.82) is 0 Å². The van der Waals surface area contributed by atoms with Gasteiger partial charge in [0, 0.05) is 42.8 Å². The Balaban J connectivity index is 1.59. The van der Waals surface area contributed by atoms with Gasteiger partial charge in [-0.05, 0) is 42.5 Å². The van der Waals surface area contributed by atoms with Gasteiger partial charge in [0.25, 0.3) is 0 Å². The van der Waals surface area contributed by atoms with Gasteiger partial charge in [0.15, 0.2) is 0 Å². The van der Waals surface area contributed by atoms with E-state index in [4.69, 9.17) is 4.74 Å². The normalized spacial score (nSPS) is 11.0. The summed E-state index contributed by atoms with van der Waals surface area (Å²) in [5.74, 6) is 0.468. The Bertz CT molecular complexity index is 1060. The first-order valence-electron chi connectivity index (χ1n) is 9.40. The van der Waals surface area contributed by atoms with Crippen LogP contribution in [-0.4, -0.2) is 33.2 Å². The second kappa shape index (κ2) is 8.70. The van der Waals surface area contributed by atoms with E-state index >= 15 is 0 Å². The molecule has 0 radical (unpaired) electrons. The molecule has 148 valence electrons. The van der Waals surface area contributed by atoms with Crippen molar-refractivity contribution in [2.75, 3.05) is 13.7 Å². The molecule has 0 spiro atoms. The Morgan fingerprint density at radius 1 is 1.07 bits per heavy atom. The summed E-state index contributed by atoms with van der Waals surface area (Å²) >= 11 is 0. The van der Waals surface area contributed by atoms with Gasteiger partial charge in [-0.2, -0.15) is 10.2 Å². The van der Waals surface area contributed by atoms with Crippen molar-refractivity contribution in [2.45, 2.75) is 13.1 Å². The van der Waals surface area contributed by atoms with Crippen LogP contribution in [0.5, 0.6) is 5.75 Å². The fraction of sp³-hybridized carbons (Fsp3) is 0.182. The summed E-state index contributed by atoms with van der Waals surface area (Å²) in [5.41, 5.74) is 3.16. The number of nitrogens with one attached hydrogen (secondary N) is 1. The van der Waals surface area contributed by atoms with Gasteiger partial charge in [-0.1, -0.05) is 12.1 Å². The van der Waals surface area contributed by atoms with Crippen molar-refractivity contribution in [3.8, 4) is 22.7 Å². The molecule has 29 heavy (non-hydrogen) atoms. The lowest BCUT2D eigenvalue weighted by molar-refractivity contribution is 0.415. The van der Waals surface area contributed by atoms with Crippen LogP contribution in [0.15, 0.2) is 73.2 Å². The lowest BCUT2D eigenvalue weighted by Gasteiger charge is -2.06. The molecule has 2 aromatic carbocycles. The van der Waals surface area contributed by atoms with Gasteiger partial charge in [-0.25, -0.2) is 9.07 Å². The van der Waals surface area contributed by atoms with Crippen molar-refractivity contribution in [2.24, 2.45) is 0 Å². The zero-order valence-corrected chi connectivity index (χ0v) is 16.1. The Morgan fingerprint density at radius 2 is 1.90 bits per heavy atom. The van der Waals surface area contributed by atoms with Crippen molar-refractivity contribution < 1.29 is 9.13 Å². The Morgan fingerprint density at radius 3 is 2.62 bits per heavy atom. The van der Waals surface area contributed by atoms with Crippen LogP contribution >= 0.6 is 0 Å². The minimum Gasteiger partial charge on any atom is -0.497 e. The molecule has 0 saturated heterocycles. The molecule has 7 heteroatoms. The number of rotatable bonds is 8. The molecule has 0 saturated carbocycles. The number of halogens is 1. The highest BCUT2D eigenvalue weighted by Gasteiger charge is 2.14. The molecule has 0 fully saturated rings. The van der Waals surface area contributed by atoms with Gasteiger partial charge >= 0.3 is 0 Å². The minimum absolute atomic E-state index is 0.311. The zero-order chi connectivity index (χ0) is 20.1. The number of nitrogens with zero attached hydrogens (tertiary/aromatic N) is 4. The van der Waals surface area contributed by atoms with Gasteiger partial charge in [-0.3, -0.25) is 4.68 Å². The third kappa shape index (κ3) is 4.35. The van der Waals surface area contributed by atoms with E-state index in [0.29, 0.717) is 12.2 Å². The Hall–Kier alpha value is -3.45. The maximum absolute atomic E-state index is 14.3. The average molecular weight is 391 g/mol. The number of hydrogen-bond donors (Lipinski definition) is 1. The number of aromatic nitrogens is 4. The van der Waals surface area contributed by atoms with Crippen LogP contribution in [-0.2, 0) is 13.1 Å². The van der Waals surface area contributed by atoms with E-state index in [9.17, 15) is 4.39 Å². The lowest BCUT2D eigenvalue weighted by atomic mass is 10.1. The van der Waals surface area contributed by atoms with Crippen LogP contribution < -0.4 is 10.1 Å². The molecule has 0 unspecified atom stereocenters. The van der Waals surface area contributed by atoms with Crippen molar-refractivity contribution in [3.05, 3.63) is 84.6 Å². The van der Waals surface area contributed by atoms with E-state index in [1.807, 2.05) is 47.4 Å². The minimum atomic E-state index is -0.311. The summed E-state index contributed by atoms with van der Waals surface area (Å²) in [6.45, 7) is 2.14. The van der Waals surface area contributed by atoms with Crippen LogP contribution in [0.4, 0.5) is 4.39 Å². The maximum atomic E-state index is 14.3. The first-order chi connectivity index (χ1) is 14.2. The lowest BCUT2D eigenvalue weighted by Crippen LogP contribution is -2.19. The van der Waals surface area contributed by atoms with E-state index in [0.717, 1.165) is 35.7 Å². The molecule has 0 aliphatic heterocycles. The Kier molecular flexibility index (Phi) is 5.67. The molecule has 6 nitrogen and oxygen atoms in total. The van der Waals surface area contributed by atoms with E-state index in [1.165, 1.54) is 6.07 Å². The molecule has 0 aliphatic rings. The van der Waals surface area contributed by atoms with Gasteiger partial charge in [0.1, 0.15) is 17.3 Å². The molecule has 0 atom stereocenters. The second-order valence-electron chi connectivity index (χ2n) is 6.57. The predicted molar refractivity (Wildman–Crippen MR) is 109 cm³/mol. The SMILES string of the molecule is COc1ccc(-c2nn(-c3ccccc3F)cc2CNCCn2cccn2)cc1. The summed E-state index contributed by atoms with van der Waals surface area (Å²) in [6, 6.07) is 16.2. The summed E-state index contributed by atoms with van der Waals surface area (Å²) in [5, 5.41) is 12.3. The quantitative estimate of drug-likeness (QED) is 0.466. The third-order valence-electron chi connectivity index (χ3n) is 4.65. The molecular weight excluding hydrogens is 369 g/mol. The molecule has 2 aromatic heterocycles. The van der Waals surface area contributed by atoms with E-state index in [1.54, 1.807) is 36.2 Å². The number of benzene rings is 2. The highest BCUT2D eigenvalue weighted by molar-refractivity contribution is 5.64. The monoisotopic (exact) mass is 391 g/mol. The summed E-state index contributed by atoms with van der Waals surface area (Å²) in [6.07, 6.45) is 5.57. The van der Waals surface area contributed by atoms with E-state index in [2.05, 4.69) is 15.5 Å². The number of methoxy groups -OCH3 is 1. The summed E-state index contributed by atoms with van der Waals surface area (Å²) in [7, 11) is 1.64. The molecule has 4 rings (SSSR count). The van der Waals surface area contributed by atoms with Crippen molar-refractivity contribution >= 4 is 0 Å². The smallest absolute Gasteiger partial charge is 0.148 e. The van der Waals surface area contributed by atoms with Crippen molar-refractivity contribution in [3.63, 3.8) is 0 Å². The van der Waals surface area contributed by atoms with Crippen LogP contribution in [0, 0.1) is 5.82 Å². The molecule has 2 heterocycles. The van der Waals surface area contributed by atoms with Gasteiger partial charge < -0.3 is 10.1 Å². The number of ether oxygens (including phenoxy) is 1. The van der Waals surface area contributed by atoms with Crippen molar-refractivity contribution in [1.82, 2.24) is 24.9 Å². The molecule has 0 bridgehead atoms. The third-order valence-corrected chi connectivity index (χ3v) is 4.65. The number of hydrogen-bond acceptors (Lipinski definition) is 4.